The highest BCUT2D eigenvalue weighted by molar-refractivity contribution is 6.10. The molecule has 1 amide bonds. The number of anilines is 1. The molecule has 4 nitrogen and oxygen atoms in total. The minimum atomic E-state index is -0.0401. The number of hydrogen-bond acceptors (Lipinski definition) is 2. The van der Waals surface area contributed by atoms with Crippen molar-refractivity contribution in [1.29, 1.82) is 0 Å². The van der Waals surface area contributed by atoms with Crippen LogP contribution in [-0.2, 0) is 6.61 Å². The summed E-state index contributed by atoms with van der Waals surface area (Å²) >= 11 is 0. The minimum absolute atomic E-state index is 0.0401. The normalized spacial score (nSPS) is 10.7. The summed E-state index contributed by atoms with van der Waals surface area (Å²) in [4.78, 5) is 14.6. The van der Waals surface area contributed by atoms with E-state index < -0.39 is 0 Å². The summed E-state index contributed by atoms with van der Waals surface area (Å²) in [5, 5.41) is 0. The van der Waals surface area contributed by atoms with Gasteiger partial charge in [-0.2, -0.15) is 0 Å². The SMILES string of the molecule is CN(C(=O)c1ccn2ccccc12)c1ccc(OCc2ccccc2)cc1. The highest BCUT2D eigenvalue weighted by Crippen LogP contribution is 2.22. The average molecular weight is 356 g/mol. The summed E-state index contributed by atoms with van der Waals surface area (Å²) in [7, 11) is 1.79. The molecule has 0 saturated carbocycles. The third-order valence-corrected chi connectivity index (χ3v) is 4.58. The van der Waals surface area contributed by atoms with E-state index in [1.807, 2.05) is 95.7 Å². The van der Waals surface area contributed by atoms with Gasteiger partial charge in [-0.3, -0.25) is 4.79 Å². The quantitative estimate of drug-likeness (QED) is 0.515. The van der Waals surface area contributed by atoms with E-state index in [0.717, 1.165) is 22.5 Å². The number of fused-ring (bicyclic) bond motifs is 1. The summed E-state index contributed by atoms with van der Waals surface area (Å²) in [6, 6.07) is 25.3. The van der Waals surface area contributed by atoms with E-state index in [9.17, 15) is 4.79 Å². The molecule has 0 bridgehead atoms. The molecule has 0 spiro atoms. The highest BCUT2D eigenvalue weighted by Gasteiger charge is 2.17. The monoisotopic (exact) mass is 356 g/mol. The Morgan fingerprint density at radius 1 is 0.889 bits per heavy atom. The maximum absolute atomic E-state index is 12.9. The van der Waals surface area contributed by atoms with Crippen LogP contribution in [0.5, 0.6) is 5.75 Å². The van der Waals surface area contributed by atoms with Gasteiger partial charge in [0.2, 0.25) is 0 Å². The Bertz CT molecular complexity index is 1050. The second kappa shape index (κ2) is 7.38. The Hall–Kier alpha value is -3.53. The molecule has 0 aliphatic heterocycles. The number of hydrogen-bond donors (Lipinski definition) is 0. The summed E-state index contributed by atoms with van der Waals surface area (Å²) in [5.41, 5.74) is 3.52. The van der Waals surface area contributed by atoms with Crippen LogP contribution in [0.1, 0.15) is 15.9 Å². The van der Waals surface area contributed by atoms with Gasteiger partial charge in [-0.05, 0) is 48.0 Å². The molecule has 4 heteroatoms. The van der Waals surface area contributed by atoms with Gasteiger partial charge in [0, 0.05) is 25.1 Å². The molecule has 0 aliphatic rings. The minimum Gasteiger partial charge on any atom is -0.489 e. The van der Waals surface area contributed by atoms with E-state index in [4.69, 9.17) is 4.74 Å². The van der Waals surface area contributed by atoms with Crippen molar-refractivity contribution < 1.29 is 9.53 Å². The van der Waals surface area contributed by atoms with E-state index in [-0.39, 0.29) is 5.91 Å². The maximum Gasteiger partial charge on any atom is 0.260 e. The first-order chi connectivity index (χ1) is 13.2. The van der Waals surface area contributed by atoms with E-state index in [1.165, 1.54) is 0 Å². The van der Waals surface area contributed by atoms with Crippen molar-refractivity contribution in [2.45, 2.75) is 6.61 Å². The lowest BCUT2D eigenvalue weighted by Crippen LogP contribution is -2.26. The first kappa shape index (κ1) is 16.9. The Balaban J connectivity index is 1.47. The number of ether oxygens (including phenoxy) is 1. The number of carbonyl (C=O) groups is 1. The standard InChI is InChI=1S/C23H20N2O2/c1-24(23(26)21-14-16-25-15-6-5-9-22(21)25)19-10-12-20(13-11-19)27-17-18-7-3-2-4-8-18/h2-16H,17H2,1H3. The predicted octanol–water partition coefficient (Wildman–Crippen LogP) is 4.79. The second-order valence-electron chi connectivity index (χ2n) is 6.35. The van der Waals surface area contributed by atoms with Crippen LogP contribution in [0.3, 0.4) is 0 Å². The Kier molecular flexibility index (Phi) is 4.62. The Labute approximate surface area is 158 Å². The van der Waals surface area contributed by atoms with Gasteiger partial charge in [-0.15, -0.1) is 0 Å². The molecule has 0 unspecified atom stereocenters. The molecular weight excluding hydrogens is 336 g/mol. The van der Waals surface area contributed by atoms with E-state index in [0.29, 0.717) is 12.2 Å². The van der Waals surface area contributed by atoms with Crippen LogP contribution in [0.4, 0.5) is 5.69 Å². The molecule has 2 aromatic heterocycles. The fourth-order valence-electron chi connectivity index (χ4n) is 3.04. The lowest BCUT2D eigenvalue weighted by Gasteiger charge is -2.17. The number of carbonyl (C=O) groups excluding carboxylic acids is 1. The third-order valence-electron chi connectivity index (χ3n) is 4.58. The molecule has 0 atom stereocenters. The van der Waals surface area contributed by atoms with Gasteiger partial charge in [0.05, 0.1) is 11.1 Å². The molecule has 2 heterocycles. The van der Waals surface area contributed by atoms with E-state index >= 15 is 0 Å². The summed E-state index contributed by atoms with van der Waals surface area (Å²) in [5.74, 6) is 0.736. The van der Waals surface area contributed by atoms with Gasteiger partial charge >= 0.3 is 0 Å². The van der Waals surface area contributed by atoms with Gasteiger partial charge in [0.25, 0.3) is 5.91 Å². The van der Waals surface area contributed by atoms with Crippen LogP contribution in [0, 0.1) is 0 Å². The number of rotatable bonds is 5. The van der Waals surface area contributed by atoms with Crippen molar-refractivity contribution in [2.75, 3.05) is 11.9 Å². The van der Waals surface area contributed by atoms with Crippen LogP contribution in [0.25, 0.3) is 5.52 Å². The molecule has 4 aromatic rings. The van der Waals surface area contributed by atoms with Gasteiger partial charge < -0.3 is 14.0 Å². The molecule has 0 N–H and O–H groups in total. The van der Waals surface area contributed by atoms with E-state index in [1.54, 1.807) is 11.9 Å². The second-order valence-corrected chi connectivity index (χ2v) is 6.35. The zero-order chi connectivity index (χ0) is 18.6. The summed E-state index contributed by atoms with van der Waals surface area (Å²) in [6.45, 7) is 0.520. The van der Waals surface area contributed by atoms with Gasteiger partial charge in [-0.25, -0.2) is 0 Å². The van der Waals surface area contributed by atoms with E-state index in [2.05, 4.69) is 0 Å². The largest absolute Gasteiger partial charge is 0.489 e. The molecule has 27 heavy (non-hydrogen) atoms. The van der Waals surface area contributed by atoms with Crippen molar-refractivity contribution >= 4 is 17.1 Å². The van der Waals surface area contributed by atoms with Crippen LogP contribution < -0.4 is 9.64 Å². The summed E-state index contributed by atoms with van der Waals surface area (Å²) < 4.78 is 7.76. The number of pyridine rings is 1. The Morgan fingerprint density at radius 3 is 2.41 bits per heavy atom. The lowest BCUT2D eigenvalue weighted by atomic mass is 10.2. The topological polar surface area (TPSA) is 34.0 Å². The first-order valence-corrected chi connectivity index (χ1v) is 8.83. The van der Waals surface area contributed by atoms with Gasteiger partial charge in [0.1, 0.15) is 12.4 Å². The van der Waals surface area contributed by atoms with Crippen LogP contribution in [0.2, 0.25) is 0 Å². The van der Waals surface area contributed by atoms with Crippen LogP contribution in [-0.4, -0.2) is 17.4 Å². The van der Waals surface area contributed by atoms with Crippen molar-refractivity contribution in [3.63, 3.8) is 0 Å². The molecule has 0 saturated heterocycles. The molecule has 134 valence electrons. The van der Waals surface area contributed by atoms with Crippen molar-refractivity contribution in [3.8, 4) is 5.75 Å². The highest BCUT2D eigenvalue weighted by atomic mass is 16.5. The molecular formula is C23H20N2O2. The van der Waals surface area contributed by atoms with Crippen LogP contribution >= 0.6 is 0 Å². The molecule has 4 rings (SSSR count). The zero-order valence-corrected chi connectivity index (χ0v) is 15.1. The average Bonchev–Trinajstić information content (AvgIpc) is 3.16. The Morgan fingerprint density at radius 2 is 1.63 bits per heavy atom. The molecule has 2 aromatic carbocycles. The van der Waals surface area contributed by atoms with Crippen molar-refractivity contribution in [2.24, 2.45) is 0 Å². The van der Waals surface area contributed by atoms with Gasteiger partial charge in [-0.1, -0.05) is 36.4 Å². The van der Waals surface area contributed by atoms with Crippen LogP contribution in [0.15, 0.2) is 91.3 Å². The summed E-state index contributed by atoms with van der Waals surface area (Å²) in [6.07, 6.45) is 3.84. The molecule has 0 aliphatic carbocycles. The number of nitrogens with zero attached hydrogens (tertiary/aromatic N) is 2. The fraction of sp³-hybridized carbons (Fsp3) is 0.0870. The predicted molar refractivity (Wildman–Crippen MR) is 107 cm³/mol. The third kappa shape index (κ3) is 3.55. The van der Waals surface area contributed by atoms with Crippen molar-refractivity contribution in [1.82, 2.24) is 4.40 Å². The number of aromatic nitrogens is 1. The maximum atomic E-state index is 12.9. The number of amides is 1. The fourth-order valence-corrected chi connectivity index (χ4v) is 3.04. The number of benzene rings is 2. The molecule has 0 radical (unpaired) electrons. The smallest absolute Gasteiger partial charge is 0.260 e. The van der Waals surface area contributed by atoms with Crippen molar-refractivity contribution in [3.05, 3.63) is 102 Å². The lowest BCUT2D eigenvalue weighted by molar-refractivity contribution is 0.0994. The first-order valence-electron chi connectivity index (χ1n) is 8.83. The zero-order valence-electron chi connectivity index (χ0n) is 15.1. The molecule has 0 fully saturated rings. The van der Waals surface area contributed by atoms with Gasteiger partial charge in [0.15, 0.2) is 0 Å².